The second-order valence-electron chi connectivity index (χ2n) is 10.4. The highest BCUT2D eigenvalue weighted by Gasteiger charge is 2.37. The molecule has 0 aliphatic rings. The molecule has 3 rings (SSSR count). The second-order valence-corrected chi connectivity index (χ2v) is 10.4. The summed E-state index contributed by atoms with van der Waals surface area (Å²) in [5.41, 5.74) is -2.88. The summed E-state index contributed by atoms with van der Waals surface area (Å²) in [7, 11) is 0. The first-order valence-electron chi connectivity index (χ1n) is 12.2. The topological polar surface area (TPSA) is 79.3 Å². The molecule has 3 aromatic rings. The van der Waals surface area contributed by atoms with Gasteiger partial charge in [0.25, 0.3) is 0 Å². The quantitative estimate of drug-likeness (QED) is 0.311. The Morgan fingerprint density at radius 2 is 1.43 bits per heavy atom. The Kier molecular flexibility index (Phi) is 8.56. The number of carbonyl (C=O) groups excluding carboxylic acids is 2. The molecule has 2 aromatic carbocycles. The number of aromatic nitrogens is 2. The molecule has 0 saturated heterocycles. The van der Waals surface area contributed by atoms with E-state index in [-0.39, 0.29) is 11.5 Å². The standard InChI is InChI=1S/C27H29F6N5O2/c1-16(2)37(24(40)34-19-12-17(26(28,29)30)11-18(13-19)27(31,32)33)15-23(39)35-22-14-21(25(3,4)5)36-38(22)20-9-7-6-8-10-20/h6-14,16H,15H2,1-5H3,(H,34,40)(H,35,39). The zero-order valence-electron chi connectivity index (χ0n) is 22.4. The van der Waals surface area contributed by atoms with Gasteiger partial charge in [0.1, 0.15) is 12.4 Å². The fourth-order valence-corrected chi connectivity index (χ4v) is 3.65. The molecule has 0 fully saturated rings. The van der Waals surface area contributed by atoms with E-state index in [0.717, 1.165) is 4.90 Å². The summed E-state index contributed by atoms with van der Waals surface area (Å²) < 4.78 is 80.8. The van der Waals surface area contributed by atoms with E-state index in [1.165, 1.54) is 4.68 Å². The fraction of sp³-hybridized carbons (Fsp3) is 0.370. The van der Waals surface area contributed by atoms with Crippen LogP contribution in [0.4, 0.5) is 42.6 Å². The van der Waals surface area contributed by atoms with Gasteiger partial charge in [0.15, 0.2) is 0 Å². The van der Waals surface area contributed by atoms with Crippen LogP contribution in [-0.4, -0.2) is 39.2 Å². The van der Waals surface area contributed by atoms with E-state index in [1.54, 1.807) is 44.2 Å². The zero-order valence-corrected chi connectivity index (χ0v) is 22.4. The van der Waals surface area contributed by atoms with Crippen LogP contribution in [0.15, 0.2) is 54.6 Å². The molecule has 40 heavy (non-hydrogen) atoms. The first kappa shape index (κ1) is 30.5. The van der Waals surface area contributed by atoms with Crippen LogP contribution in [0.25, 0.3) is 5.69 Å². The van der Waals surface area contributed by atoms with Gasteiger partial charge in [-0.25, -0.2) is 9.48 Å². The van der Waals surface area contributed by atoms with E-state index in [1.807, 2.05) is 26.8 Å². The van der Waals surface area contributed by atoms with Crippen LogP contribution in [0.2, 0.25) is 0 Å². The minimum atomic E-state index is -5.08. The van der Waals surface area contributed by atoms with E-state index in [2.05, 4.69) is 15.7 Å². The van der Waals surface area contributed by atoms with Gasteiger partial charge < -0.3 is 15.5 Å². The number of hydrogen-bond acceptors (Lipinski definition) is 3. The van der Waals surface area contributed by atoms with E-state index in [4.69, 9.17) is 0 Å². The highest BCUT2D eigenvalue weighted by atomic mass is 19.4. The summed E-state index contributed by atoms with van der Waals surface area (Å²) in [5, 5.41) is 9.37. The Morgan fingerprint density at radius 3 is 1.90 bits per heavy atom. The summed E-state index contributed by atoms with van der Waals surface area (Å²) in [6.45, 7) is 8.38. The molecule has 0 aliphatic carbocycles. The molecule has 7 nitrogen and oxygen atoms in total. The van der Waals surface area contributed by atoms with Crippen molar-refractivity contribution in [1.29, 1.82) is 0 Å². The van der Waals surface area contributed by atoms with Gasteiger partial charge in [-0.05, 0) is 44.2 Å². The molecule has 13 heteroatoms. The van der Waals surface area contributed by atoms with Crippen molar-refractivity contribution in [2.75, 3.05) is 17.2 Å². The Hall–Kier alpha value is -4.03. The van der Waals surface area contributed by atoms with Gasteiger partial charge in [-0.1, -0.05) is 39.0 Å². The van der Waals surface area contributed by atoms with Crippen molar-refractivity contribution in [1.82, 2.24) is 14.7 Å². The highest BCUT2D eigenvalue weighted by Crippen LogP contribution is 2.37. The molecule has 0 atom stereocenters. The van der Waals surface area contributed by atoms with Crippen LogP contribution >= 0.6 is 0 Å². The zero-order chi connectivity index (χ0) is 30.0. The van der Waals surface area contributed by atoms with Gasteiger partial charge in [-0.3, -0.25) is 4.79 Å². The van der Waals surface area contributed by atoms with Gasteiger partial charge in [0.05, 0.1) is 22.5 Å². The summed E-state index contributed by atoms with van der Waals surface area (Å²) in [4.78, 5) is 27.0. The van der Waals surface area contributed by atoms with Gasteiger partial charge in [-0.2, -0.15) is 31.4 Å². The van der Waals surface area contributed by atoms with Crippen molar-refractivity contribution in [3.8, 4) is 5.69 Å². The van der Waals surface area contributed by atoms with Crippen LogP contribution in [0.1, 0.15) is 51.4 Å². The predicted octanol–water partition coefficient (Wildman–Crippen LogP) is 7.09. The monoisotopic (exact) mass is 569 g/mol. The molecule has 3 amide bonds. The Labute approximate surface area is 227 Å². The number of amides is 3. The lowest BCUT2D eigenvalue weighted by Crippen LogP contribution is -2.44. The van der Waals surface area contributed by atoms with Crippen LogP contribution in [-0.2, 0) is 22.6 Å². The third-order valence-corrected chi connectivity index (χ3v) is 5.78. The van der Waals surface area contributed by atoms with Crippen molar-refractivity contribution in [2.24, 2.45) is 0 Å². The second kappa shape index (κ2) is 11.2. The van der Waals surface area contributed by atoms with E-state index in [0.29, 0.717) is 29.3 Å². The SMILES string of the molecule is CC(C)N(CC(=O)Nc1cc(C(C)(C)C)nn1-c1ccccc1)C(=O)Nc1cc(C(F)(F)F)cc(C(F)(F)F)c1. The van der Waals surface area contributed by atoms with Crippen LogP contribution < -0.4 is 10.6 Å². The van der Waals surface area contributed by atoms with E-state index in [9.17, 15) is 35.9 Å². The average molecular weight is 570 g/mol. The Balaban J connectivity index is 1.85. The third kappa shape index (κ3) is 7.54. The maximum absolute atomic E-state index is 13.2. The molecule has 1 heterocycles. The Morgan fingerprint density at radius 1 is 0.875 bits per heavy atom. The largest absolute Gasteiger partial charge is 0.416 e. The maximum atomic E-state index is 13.2. The molecular weight excluding hydrogens is 540 g/mol. The summed E-state index contributed by atoms with van der Waals surface area (Å²) in [6, 6.07) is 9.74. The number of rotatable bonds is 6. The number of benzene rings is 2. The molecule has 0 aliphatic heterocycles. The lowest BCUT2D eigenvalue weighted by Gasteiger charge is -2.26. The van der Waals surface area contributed by atoms with Crippen molar-refractivity contribution in [2.45, 2.75) is 58.4 Å². The summed E-state index contributed by atoms with van der Waals surface area (Å²) in [5.74, 6) is -0.334. The molecule has 2 N–H and O–H groups in total. The number of anilines is 2. The summed E-state index contributed by atoms with van der Waals surface area (Å²) >= 11 is 0. The number of nitrogens with one attached hydrogen (secondary N) is 2. The number of urea groups is 1. The Bertz CT molecular complexity index is 1330. The smallest absolute Gasteiger partial charge is 0.313 e. The minimum absolute atomic E-state index is 0.0367. The fourth-order valence-electron chi connectivity index (χ4n) is 3.65. The predicted molar refractivity (Wildman–Crippen MR) is 138 cm³/mol. The number of alkyl halides is 6. The van der Waals surface area contributed by atoms with Gasteiger partial charge in [-0.15, -0.1) is 0 Å². The lowest BCUT2D eigenvalue weighted by molar-refractivity contribution is -0.143. The third-order valence-electron chi connectivity index (χ3n) is 5.78. The molecule has 0 bridgehead atoms. The number of hydrogen-bond donors (Lipinski definition) is 2. The van der Waals surface area contributed by atoms with E-state index >= 15 is 0 Å². The molecule has 0 radical (unpaired) electrons. The molecule has 0 saturated carbocycles. The van der Waals surface area contributed by atoms with Crippen molar-refractivity contribution >= 4 is 23.4 Å². The summed E-state index contributed by atoms with van der Waals surface area (Å²) in [6.07, 6.45) is -10.2. The van der Waals surface area contributed by atoms with Gasteiger partial charge in [0, 0.05) is 23.2 Å². The molecule has 0 unspecified atom stereocenters. The van der Waals surface area contributed by atoms with Crippen LogP contribution in [0.5, 0.6) is 0 Å². The van der Waals surface area contributed by atoms with Gasteiger partial charge in [0.2, 0.25) is 5.91 Å². The minimum Gasteiger partial charge on any atom is -0.313 e. The first-order chi connectivity index (χ1) is 18.4. The average Bonchev–Trinajstić information content (AvgIpc) is 3.26. The molecular formula is C27H29F6N5O2. The van der Waals surface area contributed by atoms with Gasteiger partial charge >= 0.3 is 18.4 Å². The molecule has 216 valence electrons. The van der Waals surface area contributed by atoms with Crippen LogP contribution in [0, 0.1) is 0 Å². The highest BCUT2D eigenvalue weighted by molar-refractivity contribution is 5.97. The van der Waals surface area contributed by atoms with Crippen LogP contribution in [0.3, 0.4) is 0 Å². The number of para-hydroxylation sites is 1. The van der Waals surface area contributed by atoms with Crippen molar-refractivity contribution < 1.29 is 35.9 Å². The number of nitrogens with zero attached hydrogens (tertiary/aromatic N) is 3. The normalized spacial score (nSPS) is 12.4. The lowest BCUT2D eigenvalue weighted by atomic mass is 9.92. The van der Waals surface area contributed by atoms with Crippen molar-refractivity contribution in [3.63, 3.8) is 0 Å². The first-order valence-corrected chi connectivity index (χ1v) is 12.2. The number of carbonyl (C=O) groups is 2. The number of halogens is 6. The maximum Gasteiger partial charge on any atom is 0.416 e. The van der Waals surface area contributed by atoms with Crippen molar-refractivity contribution in [3.05, 3.63) is 71.4 Å². The molecule has 0 spiro atoms. The van der Waals surface area contributed by atoms with E-state index < -0.39 is 53.7 Å². The molecule has 1 aromatic heterocycles.